The Balaban J connectivity index is 1.93. The largest absolute Gasteiger partial charge is 0.466 e. The summed E-state index contributed by atoms with van der Waals surface area (Å²) in [4.78, 5) is 29.5. The topological polar surface area (TPSA) is 132 Å². The summed E-state index contributed by atoms with van der Waals surface area (Å²) in [5.41, 5.74) is 7.89. The van der Waals surface area contributed by atoms with E-state index < -0.39 is 18.1 Å². The van der Waals surface area contributed by atoms with Crippen molar-refractivity contribution in [2.75, 3.05) is 26.8 Å². The van der Waals surface area contributed by atoms with Crippen molar-refractivity contribution >= 4 is 28.9 Å². The van der Waals surface area contributed by atoms with Crippen molar-refractivity contribution in [2.45, 2.75) is 12.5 Å². The van der Waals surface area contributed by atoms with Crippen LogP contribution in [0.5, 0.6) is 0 Å². The van der Waals surface area contributed by atoms with E-state index in [1.807, 2.05) is 30.5 Å². The molecule has 1 aromatic carbocycles. The van der Waals surface area contributed by atoms with Crippen LogP contribution in [-0.4, -0.2) is 55.9 Å². The molecule has 1 aromatic heterocycles. The number of amides is 1. The summed E-state index contributed by atoms with van der Waals surface area (Å²) in [6.45, 7) is 4.25. The minimum atomic E-state index is -0.665. The van der Waals surface area contributed by atoms with Crippen LogP contribution in [0.15, 0.2) is 43.1 Å². The van der Waals surface area contributed by atoms with E-state index in [4.69, 9.17) is 15.2 Å². The van der Waals surface area contributed by atoms with Crippen molar-refractivity contribution in [2.24, 2.45) is 5.73 Å². The molecule has 2 rings (SSSR count). The Morgan fingerprint density at radius 3 is 2.93 bits per heavy atom. The van der Waals surface area contributed by atoms with E-state index in [1.165, 1.54) is 13.2 Å². The first-order valence-electron chi connectivity index (χ1n) is 8.82. The number of esters is 1. The second-order valence-electron chi connectivity index (χ2n) is 5.94. The summed E-state index contributed by atoms with van der Waals surface area (Å²) in [6, 6.07) is 7.17. The second kappa shape index (κ2) is 10.6. The summed E-state index contributed by atoms with van der Waals surface area (Å²) in [7, 11) is 1.33. The minimum absolute atomic E-state index is 0.143. The highest BCUT2D eigenvalue weighted by Gasteiger charge is 2.25. The Morgan fingerprint density at radius 1 is 1.39 bits per heavy atom. The van der Waals surface area contributed by atoms with Crippen molar-refractivity contribution in [1.29, 1.82) is 0 Å². The maximum absolute atomic E-state index is 12.2. The molecule has 0 aliphatic rings. The standard InChI is InChI=1S/C19H25N5O4/c1-3-10-28-19(26)22-9-8-21-18(20)24-16(17(25)27-2)11-13-12-23-15-7-5-4-6-14(13)15/h3-7,12,16,23H,1,8-11H2,2H3,(H,22,26)(H3,20,21,24)/p+1/t16-/m0/s1. The lowest BCUT2D eigenvalue weighted by Crippen LogP contribution is -2.81. The first-order chi connectivity index (χ1) is 13.5. The third-order valence-corrected chi connectivity index (χ3v) is 3.96. The third kappa shape index (κ3) is 6.04. The van der Waals surface area contributed by atoms with E-state index in [0.29, 0.717) is 19.5 Å². The highest BCUT2D eigenvalue weighted by molar-refractivity contribution is 5.86. The normalized spacial score (nSPS) is 12.2. The zero-order chi connectivity index (χ0) is 20.4. The average molecular weight is 388 g/mol. The van der Waals surface area contributed by atoms with Gasteiger partial charge in [0, 0.05) is 23.5 Å². The summed E-state index contributed by atoms with van der Waals surface area (Å²) in [5.74, 6) is -0.224. The molecule has 0 saturated carbocycles. The van der Waals surface area contributed by atoms with Gasteiger partial charge in [0.15, 0.2) is 6.04 Å². The van der Waals surface area contributed by atoms with Crippen LogP contribution in [-0.2, 0) is 20.7 Å². The van der Waals surface area contributed by atoms with Crippen LogP contribution in [0.25, 0.3) is 10.9 Å². The molecule has 0 aliphatic carbocycles. The summed E-state index contributed by atoms with van der Waals surface area (Å²) >= 11 is 0. The van der Waals surface area contributed by atoms with Crippen molar-refractivity contribution in [3.05, 3.63) is 48.7 Å². The number of nitrogens with two attached hydrogens (primary N) is 1. The first kappa shape index (κ1) is 20.8. The molecule has 2 aromatic rings. The number of alkyl carbamates (subject to hydrolysis) is 1. The number of guanidine groups is 1. The Morgan fingerprint density at radius 2 is 2.18 bits per heavy atom. The smallest absolute Gasteiger partial charge is 0.407 e. The minimum Gasteiger partial charge on any atom is -0.466 e. The van der Waals surface area contributed by atoms with Gasteiger partial charge in [0.1, 0.15) is 6.61 Å². The zero-order valence-electron chi connectivity index (χ0n) is 15.8. The van der Waals surface area contributed by atoms with Crippen molar-refractivity contribution < 1.29 is 24.1 Å². The van der Waals surface area contributed by atoms with E-state index in [1.54, 1.807) is 0 Å². The van der Waals surface area contributed by atoms with Gasteiger partial charge in [0.05, 0.1) is 20.2 Å². The van der Waals surface area contributed by atoms with E-state index in [0.717, 1.165) is 16.5 Å². The molecular formula is C19H26N5O4+. The molecule has 150 valence electrons. The lowest BCUT2D eigenvalue weighted by atomic mass is 10.1. The number of ether oxygens (including phenoxy) is 2. The fourth-order valence-electron chi connectivity index (χ4n) is 2.64. The number of aromatic nitrogens is 1. The Kier molecular flexibility index (Phi) is 7.89. The van der Waals surface area contributed by atoms with Crippen molar-refractivity contribution in [3.8, 4) is 0 Å². The molecule has 1 atom stereocenters. The molecule has 0 saturated heterocycles. The molecule has 0 spiro atoms. The summed E-state index contributed by atoms with van der Waals surface area (Å²) < 4.78 is 9.67. The van der Waals surface area contributed by atoms with Crippen LogP contribution in [0, 0.1) is 0 Å². The number of nitrogens with one attached hydrogen (secondary N) is 4. The van der Waals surface area contributed by atoms with Crippen LogP contribution in [0.3, 0.4) is 0 Å². The molecular weight excluding hydrogens is 362 g/mol. The fraction of sp³-hybridized carbons (Fsp3) is 0.316. The number of hydrogen-bond donors (Lipinski definition) is 5. The predicted octanol–water partition coefficient (Wildman–Crippen LogP) is -0.851. The molecule has 0 aliphatic heterocycles. The van der Waals surface area contributed by atoms with Crippen LogP contribution in [0.2, 0.25) is 0 Å². The molecule has 1 heterocycles. The second-order valence-corrected chi connectivity index (χ2v) is 5.94. The molecule has 1 amide bonds. The van der Waals surface area contributed by atoms with E-state index >= 15 is 0 Å². The van der Waals surface area contributed by atoms with E-state index in [2.05, 4.69) is 27.2 Å². The van der Waals surface area contributed by atoms with Gasteiger partial charge >= 0.3 is 18.0 Å². The van der Waals surface area contributed by atoms with Gasteiger partial charge in [-0.2, -0.15) is 0 Å². The van der Waals surface area contributed by atoms with Gasteiger partial charge in [-0.25, -0.2) is 9.59 Å². The molecule has 0 radical (unpaired) electrons. The van der Waals surface area contributed by atoms with Crippen LogP contribution in [0.1, 0.15) is 5.56 Å². The fourth-order valence-corrected chi connectivity index (χ4v) is 2.64. The van der Waals surface area contributed by atoms with E-state index in [-0.39, 0.29) is 12.6 Å². The molecule has 0 bridgehead atoms. The Bertz CT molecular complexity index is 846. The monoisotopic (exact) mass is 388 g/mol. The lowest BCUT2D eigenvalue weighted by molar-refractivity contribution is -0.458. The molecule has 9 nitrogen and oxygen atoms in total. The van der Waals surface area contributed by atoms with Gasteiger partial charge in [0.25, 0.3) is 0 Å². The number of carbonyl (C=O) groups is 2. The van der Waals surface area contributed by atoms with Gasteiger partial charge in [-0.15, -0.1) is 0 Å². The number of rotatable bonds is 9. The number of para-hydroxylation sites is 1. The van der Waals surface area contributed by atoms with Gasteiger partial charge in [0.2, 0.25) is 0 Å². The highest BCUT2D eigenvalue weighted by Crippen LogP contribution is 2.19. The highest BCUT2D eigenvalue weighted by atomic mass is 16.5. The van der Waals surface area contributed by atoms with Gasteiger partial charge < -0.3 is 19.8 Å². The SMILES string of the molecule is C=CCOC(=O)NCC[NH+]=C(N)N[C@@H](Cc1c[nH]c2ccccc12)C(=O)OC. The molecule has 6 N–H and O–H groups in total. The van der Waals surface area contributed by atoms with Crippen molar-refractivity contribution in [1.82, 2.24) is 15.6 Å². The van der Waals surface area contributed by atoms with Gasteiger partial charge in [-0.3, -0.25) is 16.0 Å². The maximum atomic E-state index is 12.2. The lowest BCUT2D eigenvalue weighted by Gasteiger charge is -2.12. The number of benzene rings is 1. The number of aromatic amines is 1. The van der Waals surface area contributed by atoms with Crippen LogP contribution in [0.4, 0.5) is 4.79 Å². The molecule has 0 fully saturated rings. The summed E-state index contributed by atoms with van der Waals surface area (Å²) in [5, 5.41) is 6.52. The molecule has 9 heteroatoms. The summed E-state index contributed by atoms with van der Waals surface area (Å²) in [6.07, 6.45) is 3.20. The number of methoxy groups -OCH3 is 1. The molecule has 0 unspecified atom stereocenters. The Hall–Kier alpha value is -3.49. The van der Waals surface area contributed by atoms with Crippen LogP contribution >= 0.6 is 0 Å². The van der Waals surface area contributed by atoms with Gasteiger partial charge in [-0.05, 0) is 11.6 Å². The van der Waals surface area contributed by atoms with Crippen LogP contribution < -0.4 is 21.4 Å². The quantitative estimate of drug-likeness (QED) is 0.125. The number of H-pyrrole nitrogens is 1. The Labute approximate surface area is 163 Å². The predicted molar refractivity (Wildman–Crippen MR) is 106 cm³/mol. The first-order valence-corrected chi connectivity index (χ1v) is 8.82. The van der Waals surface area contributed by atoms with Crippen molar-refractivity contribution in [3.63, 3.8) is 0 Å². The number of fused-ring (bicyclic) bond motifs is 1. The number of carbonyl (C=O) groups excluding carboxylic acids is 2. The third-order valence-electron chi connectivity index (χ3n) is 3.96. The number of hydrogen-bond acceptors (Lipinski definition) is 4. The van der Waals surface area contributed by atoms with E-state index in [9.17, 15) is 9.59 Å². The molecule has 28 heavy (non-hydrogen) atoms. The average Bonchev–Trinajstić information content (AvgIpc) is 3.11. The zero-order valence-corrected chi connectivity index (χ0v) is 15.8. The van der Waals surface area contributed by atoms with Gasteiger partial charge in [-0.1, -0.05) is 30.9 Å². The maximum Gasteiger partial charge on any atom is 0.407 e.